The average Bonchev–Trinajstić information content (AvgIpc) is 3.13. The molecule has 1 unspecified atom stereocenters. The fraction of sp³-hybridized carbons (Fsp3) is 0.316. The van der Waals surface area contributed by atoms with Crippen molar-refractivity contribution in [3.8, 4) is 0 Å². The molecule has 5 nitrogen and oxygen atoms in total. The molecule has 0 fully saturated rings. The molecule has 0 spiro atoms. The first-order valence-corrected chi connectivity index (χ1v) is 10.9. The van der Waals surface area contributed by atoms with Crippen LogP contribution in [0.2, 0.25) is 0 Å². The quantitative estimate of drug-likeness (QED) is 0.734. The predicted molar refractivity (Wildman–Crippen MR) is 105 cm³/mol. The van der Waals surface area contributed by atoms with Gasteiger partial charge in [0.05, 0.1) is 0 Å². The van der Waals surface area contributed by atoms with Crippen molar-refractivity contribution in [2.75, 3.05) is 11.3 Å². The molecule has 0 bridgehead atoms. The summed E-state index contributed by atoms with van der Waals surface area (Å²) >= 11 is 1.14. The lowest BCUT2D eigenvalue weighted by atomic mass is 9.94. The molecule has 26 heavy (non-hydrogen) atoms. The van der Waals surface area contributed by atoms with Gasteiger partial charge in [0, 0.05) is 12.2 Å². The van der Waals surface area contributed by atoms with Gasteiger partial charge in [0.25, 0.3) is 15.9 Å². The van der Waals surface area contributed by atoms with Gasteiger partial charge in [0.2, 0.25) is 0 Å². The summed E-state index contributed by atoms with van der Waals surface area (Å²) in [6.45, 7) is 2.49. The van der Waals surface area contributed by atoms with Gasteiger partial charge in [0.1, 0.15) is 9.77 Å². The SMILES string of the molecule is Cc1ccc(NS(=O)(=O)c2ccsc2C(=O)NCC2CC=CCC2)cc1. The van der Waals surface area contributed by atoms with Gasteiger partial charge in [-0.3, -0.25) is 9.52 Å². The minimum Gasteiger partial charge on any atom is -0.351 e. The third-order valence-corrected chi connectivity index (χ3v) is 6.82. The monoisotopic (exact) mass is 390 g/mol. The van der Waals surface area contributed by atoms with E-state index in [0.29, 0.717) is 18.2 Å². The highest BCUT2D eigenvalue weighted by atomic mass is 32.2. The molecule has 1 atom stereocenters. The van der Waals surface area contributed by atoms with Crippen LogP contribution in [0.1, 0.15) is 34.5 Å². The topological polar surface area (TPSA) is 75.3 Å². The fourth-order valence-corrected chi connectivity index (χ4v) is 5.27. The van der Waals surface area contributed by atoms with Crippen LogP contribution in [-0.4, -0.2) is 20.9 Å². The lowest BCUT2D eigenvalue weighted by molar-refractivity contribution is 0.0947. The van der Waals surface area contributed by atoms with Gasteiger partial charge >= 0.3 is 0 Å². The number of hydrogen-bond donors (Lipinski definition) is 2. The van der Waals surface area contributed by atoms with Crippen molar-refractivity contribution in [1.82, 2.24) is 5.32 Å². The van der Waals surface area contributed by atoms with Crippen LogP contribution >= 0.6 is 11.3 Å². The smallest absolute Gasteiger partial charge is 0.263 e. The summed E-state index contributed by atoms with van der Waals surface area (Å²) in [7, 11) is -3.81. The van der Waals surface area contributed by atoms with Crippen LogP contribution in [0.15, 0.2) is 52.8 Å². The number of anilines is 1. The van der Waals surface area contributed by atoms with E-state index in [4.69, 9.17) is 0 Å². The van der Waals surface area contributed by atoms with Gasteiger partial charge in [-0.1, -0.05) is 29.8 Å². The molecule has 2 N–H and O–H groups in total. The Hall–Kier alpha value is -2.12. The van der Waals surface area contributed by atoms with Crippen molar-refractivity contribution in [1.29, 1.82) is 0 Å². The van der Waals surface area contributed by atoms with Gasteiger partial charge in [0.15, 0.2) is 0 Å². The Kier molecular flexibility index (Phi) is 5.78. The van der Waals surface area contributed by atoms with E-state index in [0.717, 1.165) is 36.2 Å². The first-order valence-electron chi connectivity index (χ1n) is 8.56. The van der Waals surface area contributed by atoms with Crippen LogP contribution in [0.5, 0.6) is 0 Å². The molecule has 7 heteroatoms. The van der Waals surface area contributed by atoms with Crippen molar-refractivity contribution in [2.24, 2.45) is 5.92 Å². The van der Waals surface area contributed by atoms with Crippen LogP contribution in [0.3, 0.4) is 0 Å². The minimum atomic E-state index is -3.81. The van der Waals surface area contributed by atoms with Crippen molar-refractivity contribution >= 4 is 33.0 Å². The van der Waals surface area contributed by atoms with Crippen molar-refractivity contribution in [3.63, 3.8) is 0 Å². The molecular formula is C19H22N2O3S2. The van der Waals surface area contributed by atoms with Crippen LogP contribution in [0.25, 0.3) is 0 Å². The summed E-state index contributed by atoms with van der Waals surface area (Å²) in [5, 5.41) is 4.51. The summed E-state index contributed by atoms with van der Waals surface area (Å²) in [6.07, 6.45) is 7.30. The minimum absolute atomic E-state index is 0.0177. The number of amides is 1. The van der Waals surface area contributed by atoms with Crippen LogP contribution in [0, 0.1) is 12.8 Å². The van der Waals surface area contributed by atoms with Crippen molar-refractivity contribution in [3.05, 3.63) is 58.3 Å². The van der Waals surface area contributed by atoms with Gasteiger partial charge in [-0.25, -0.2) is 8.42 Å². The summed E-state index contributed by atoms with van der Waals surface area (Å²) in [5.41, 5.74) is 1.52. The molecule has 0 saturated carbocycles. The number of allylic oxidation sites excluding steroid dienone is 2. The zero-order valence-electron chi connectivity index (χ0n) is 14.6. The Morgan fingerprint density at radius 2 is 1.96 bits per heavy atom. The van der Waals surface area contributed by atoms with Gasteiger partial charge in [-0.05, 0) is 55.7 Å². The summed E-state index contributed by atoms with van der Waals surface area (Å²) in [4.78, 5) is 12.7. The third-order valence-electron chi connectivity index (χ3n) is 4.36. The largest absolute Gasteiger partial charge is 0.351 e. The molecular weight excluding hydrogens is 368 g/mol. The van der Waals surface area contributed by atoms with Crippen molar-refractivity contribution < 1.29 is 13.2 Å². The molecule has 1 amide bonds. The Balaban J connectivity index is 1.70. The zero-order valence-corrected chi connectivity index (χ0v) is 16.2. The number of hydrogen-bond acceptors (Lipinski definition) is 4. The van der Waals surface area contributed by atoms with Gasteiger partial charge < -0.3 is 5.32 Å². The molecule has 1 aliphatic carbocycles. The van der Waals surface area contributed by atoms with Crippen LogP contribution in [0.4, 0.5) is 5.69 Å². The molecule has 0 aliphatic heterocycles. The van der Waals surface area contributed by atoms with Crippen molar-refractivity contribution in [2.45, 2.75) is 31.1 Å². The first-order chi connectivity index (χ1) is 12.5. The van der Waals surface area contributed by atoms with Crippen LogP contribution < -0.4 is 10.0 Å². The maximum Gasteiger partial charge on any atom is 0.263 e. The average molecular weight is 391 g/mol. The molecule has 0 radical (unpaired) electrons. The standard InChI is InChI=1S/C19H22N2O3S2/c1-14-7-9-16(10-8-14)21-26(23,24)17-11-12-25-18(17)19(22)20-13-15-5-3-2-4-6-15/h2-3,7-12,15,21H,4-6,13H2,1H3,(H,20,22). The van der Waals surface area contributed by atoms with Crippen LogP contribution in [-0.2, 0) is 10.0 Å². The molecule has 138 valence electrons. The molecule has 1 aromatic carbocycles. The second-order valence-electron chi connectivity index (χ2n) is 6.45. The Morgan fingerprint density at radius 1 is 1.19 bits per heavy atom. The molecule has 2 aromatic rings. The zero-order chi connectivity index (χ0) is 18.6. The van der Waals surface area contributed by atoms with E-state index in [9.17, 15) is 13.2 Å². The van der Waals surface area contributed by atoms with E-state index >= 15 is 0 Å². The molecule has 1 aliphatic rings. The summed E-state index contributed by atoms with van der Waals surface area (Å²) in [6, 6.07) is 8.54. The maximum absolute atomic E-state index is 12.7. The van der Waals surface area contributed by atoms with E-state index in [2.05, 4.69) is 22.2 Å². The lowest BCUT2D eigenvalue weighted by Crippen LogP contribution is -2.30. The number of carbonyl (C=O) groups excluding carboxylic acids is 1. The molecule has 0 saturated heterocycles. The Morgan fingerprint density at radius 3 is 2.65 bits per heavy atom. The number of thiophene rings is 1. The number of sulfonamides is 1. The number of rotatable bonds is 6. The highest BCUT2D eigenvalue weighted by molar-refractivity contribution is 7.93. The normalized spacial score (nSPS) is 17.0. The second-order valence-corrected chi connectivity index (χ2v) is 9.01. The summed E-state index contributed by atoms with van der Waals surface area (Å²) in [5.74, 6) is 0.0773. The first kappa shape index (κ1) is 18.7. The number of carbonyl (C=O) groups is 1. The summed E-state index contributed by atoms with van der Waals surface area (Å²) < 4.78 is 27.9. The van der Waals surface area contributed by atoms with Gasteiger partial charge in [-0.2, -0.15) is 0 Å². The van der Waals surface area contributed by atoms with E-state index in [1.54, 1.807) is 17.5 Å². The number of aryl methyl sites for hydroxylation is 1. The highest BCUT2D eigenvalue weighted by Crippen LogP contribution is 2.25. The van der Waals surface area contributed by atoms with E-state index in [1.165, 1.54) is 6.07 Å². The molecule has 3 rings (SSSR count). The Bertz CT molecular complexity index is 899. The fourth-order valence-electron chi connectivity index (χ4n) is 2.87. The molecule has 1 heterocycles. The number of nitrogens with one attached hydrogen (secondary N) is 2. The molecule has 1 aromatic heterocycles. The van der Waals surface area contributed by atoms with E-state index in [-0.39, 0.29) is 15.7 Å². The Labute approximate surface area is 158 Å². The van der Waals surface area contributed by atoms with E-state index < -0.39 is 10.0 Å². The third kappa shape index (κ3) is 4.53. The highest BCUT2D eigenvalue weighted by Gasteiger charge is 2.24. The number of benzene rings is 1. The van der Waals surface area contributed by atoms with Gasteiger partial charge in [-0.15, -0.1) is 11.3 Å². The predicted octanol–water partition coefficient (Wildman–Crippen LogP) is 3.94. The lowest BCUT2D eigenvalue weighted by Gasteiger charge is -2.18. The second kappa shape index (κ2) is 8.05. The van der Waals surface area contributed by atoms with E-state index in [1.807, 2.05) is 19.1 Å². The maximum atomic E-state index is 12.7.